The molecule has 1 aromatic rings. The minimum absolute atomic E-state index is 0.0883. The Hall–Kier alpha value is -2.44. The van der Waals surface area contributed by atoms with Gasteiger partial charge >= 0.3 is 0 Å². The van der Waals surface area contributed by atoms with E-state index in [2.05, 4.69) is 10.3 Å². The maximum Gasteiger partial charge on any atom is 0.233 e. The monoisotopic (exact) mass is 358 g/mol. The van der Waals surface area contributed by atoms with Crippen LogP contribution in [0.25, 0.3) is 0 Å². The molecule has 1 aliphatic heterocycles. The van der Waals surface area contributed by atoms with Gasteiger partial charge in [-0.15, -0.1) is 0 Å². The minimum atomic E-state index is -0.172. The van der Waals surface area contributed by atoms with Gasteiger partial charge in [0, 0.05) is 45.4 Å². The number of likely N-dealkylation sites (tertiary alicyclic amines) is 1. The van der Waals surface area contributed by atoms with Gasteiger partial charge in [-0.1, -0.05) is 18.9 Å². The second-order valence-corrected chi connectivity index (χ2v) is 7.23. The Kier molecular flexibility index (Phi) is 5.54. The molecule has 3 rings (SSSR count). The fraction of sp³-hybridized carbons (Fsp3) is 0.579. The number of anilines is 1. The van der Waals surface area contributed by atoms with Gasteiger partial charge in [0.25, 0.3) is 0 Å². The van der Waals surface area contributed by atoms with Gasteiger partial charge in [-0.2, -0.15) is 0 Å². The van der Waals surface area contributed by atoms with E-state index in [0.29, 0.717) is 6.54 Å². The molecule has 0 spiro atoms. The molecule has 2 unspecified atom stereocenters. The van der Waals surface area contributed by atoms with E-state index in [4.69, 9.17) is 0 Å². The van der Waals surface area contributed by atoms with E-state index < -0.39 is 0 Å². The third-order valence-corrected chi connectivity index (χ3v) is 5.26. The molecular weight excluding hydrogens is 332 g/mol. The molecule has 0 bridgehead atoms. The molecule has 1 aromatic heterocycles. The summed E-state index contributed by atoms with van der Waals surface area (Å²) in [5.74, 6) is 0.148. The van der Waals surface area contributed by atoms with Crippen molar-refractivity contribution in [1.29, 1.82) is 0 Å². The van der Waals surface area contributed by atoms with Crippen LogP contribution >= 0.6 is 0 Å². The molecule has 2 atom stereocenters. The van der Waals surface area contributed by atoms with E-state index in [0.717, 1.165) is 37.1 Å². The summed E-state index contributed by atoms with van der Waals surface area (Å²) in [7, 11) is 3.80. The fourth-order valence-electron chi connectivity index (χ4n) is 3.92. The predicted octanol–water partition coefficient (Wildman–Crippen LogP) is 1.33. The summed E-state index contributed by atoms with van der Waals surface area (Å²) in [6.45, 7) is 0.539. The van der Waals surface area contributed by atoms with Crippen LogP contribution in [0.4, 0.5) is 5.82 Å². The maximum atomic E-state index is 12.4. The number of carbonyl (C=O) groups excluding carboxylic acids is 3. The largest absolute Gasteiger partial charge is 0.362 e. The Morgan fingerprint density at radius 1 is 1.23 bits per heavy atom. The molecule has 2 fully saturated rings. The first-order valence-corrected chi connectivity index (χ1v) is 9.22. The predicted molar refractivity (Wildman–Crippen MR) is 97.2 cm³/mol. The zero-order valence-electron chi connectivity index (χ0n) is 15.4. The first-order chi connectivity index (χ1) is 12.5. The number of aromatic nitrogens is 1. The van der Waals surface area contributed by atoms with Crippen molar-refractivity contribution in [2.45, 2.75) is 38.6 Å². The highest BCUT2D eigenvalue weighted by molar-refractivity contribution is 6.05. The first-order valence-electron chi connectivity index (χ1n) is 9.22. The lowest BCUT2D eigenvalue weighted by atomic mass is 9.81. The van der Waals surface area contributed by atoms with Crippen molar-refractivity contribution >= 4 is 23.5 Å². The van der Waals surface area contributed by atoms with Crippen molar-refractivity contribution in [3.8, 4) is 0 Å². The van der Waals surface area contributed by atoms with Crippen LogP contribution in [0.5, 0.6) is 0 Å². The summed E-state index contributed by atoms with van der Waals surface area (Å²) in [4.78, 5) is 44.5. The van der Waals surface area contributed by atoms with Crippen molar-refractivity contribution in [3.63, 3.8) is 0 Å². The van der Waals surface area contributed by atoms with Crippen LogP contribution in [-0.2, 0) is 20.9 Å². The van der Waals surface area contributed by atoms with Gasteiger partial charge in [-0.05, 0) is 18.9 Å². The van der Waals surface area contributed by atoms with Gasteiger partial charge in [0.2, 0.25) is 17.7 Å². The average molecular weight is 358 g/mol. The van der Waals surface area contributed by atoms with E-state index in [-0.39, 0.29) is 42.5 Å². The van der Waals surface area contributed by atoms with Crippen LogP contribution in [0.15, 0.2) is 18.3 Å². The van der Waals surface area contributed by atoms with Gasteiger partial charge in [0.05, 0.1) is 11.8 Å². The average Bonchev–Trinajstić information content (AvgIpc) is 2.89. The lowest BCUT2D eigenvalue weighted by Crippen LogP contribution is -2.35. The van der Waals surface area contributed by atoms with Crippen LogP contribution < -0.4 is 10.2 Å². The molecule has 26 heavy (non-hydrogen) atoms. The Bertz CT molecular complexity index is 680. The molecule has 7 heteroatoms. The zero-order valence-corrected chi connectivity index (χ0v) is 15.4. The first kappa shape index (κ1) is 18.4. The standard InChI is InChI=1S/C19H26N4O3/c1-22(2)17-13(6-5-10-20-17)12-21-16(24)9-11-23-18(25)14-7-3-4-8-15(14)19(23)26/h5-6,10,14-15H,3-4,7-9,11-12H2,1-2H3,(H,21,24). The van der Waals surface area contributed by atoms with E-state index in [1.807, 2.05) is 31.1 Å². The summed E-state index contributed by atoms with van der Waals surface area (Å²) in [6, 6.07) is 3.75. The minimum Gasteiger partial charge on any atom is -0.362 e. The van der Waals surface area contributed by atoms with Gasteiger partial charge < -0.3 is 10.2 Å². The number of rotatable bonds is 6. The van der Waals surface area contributed by atoms with E-state index >= 15 is 0 Å². The molecule has 140 valence electrons. The Morgan fingerprint density at radius 2 is 1.88 bits per heavy atom. The molecular formula is C19H26N4O3. The normalized spacial score (nSPS) is 22.3. The molecule has 1 saturated carbocycles. The number of nitrogens with zero attached hydrogens (tertiary/aromatic N) is 3. The van der Waals surface area contributed by atoms with Gasteiger partial charge in [0.1, 0.15) is 5.82 Å². The van der Waals surface area contributed by atoms with E-state index in [1.54, 1.807) is 6.20 Å². The number of pyridine rings is 1. The van der Waals surface area contributed by atoms with E-state index in [1.165, 1.54) is 4.90 Å². The van der Waals surface area contributed by atoms with Crippen LogP contribution in [0.3, 0.4) is 0 Å². The second kappa shape index (κ2) is 7.85. The topological polar surface area (TPSA) is 82.6 Å². The molecule has 3 amide bonds. The SMILES string of the molecule is CN(C)c1ncccc1CNC(=O)CCN1C(=O)C2CCCCC2C1=O. The van der Waals surface area contributed by atoms with Gasteiger partial charge in [-0.3, -0.25) is 19.3 Å². The van der Waals surface area contributed by atoms with Crippen molar-refractivity contribution in [2.24, 2.45) is 11.8 Å². The highest BCUT2D eigenvalue weighted by atomic mass is 16.2. The molecule has 0 radical (unpaired) electrons. The second-order valence-electron chi connectivity index (χ2n) is 7.23. The molecule has 0 aromatic carbocycles. The summed E-state index contributed by atoms with van der Waals surface area (Å²) in [5.41, 5.74) is 0.921. The Labute approximate surface area is 153 Å². The Balaban J connectivity index is 1.52. The zero-order chi connectivity index (χ0) is 18.7. The number of carbonyl (C=O) groups is 3. The summed E-state index contributed by atoms with van der Waals surface area (Å²) < 4.78 is 0. The van der Waals surface area contributed by atoms with Crippen LogP contribution in [0.2, 0.25) is 0 Å². The number of hydrogen-bond acceptors (Lipinski definition) is 5. The number of imide groups is 1. The Morgan fingerprint density at radius 3 is 2.50 bits per heavy atom. The lowest BCUT2D eigenvalue weighted by Gasteiger charge is -2.19. The third-order valence-electron chi connectivity index (χ3n) is 5.26. The van der Waals surface area contributed by atoms with Crippen molar-refractivity contribution in [2.75, 3.05) is 25.5 Å². The molecule has 1 aliphatic carbocycles. The summed E-state index contributed by atoms with van der Waals surface area (Å²) in [5, 5.41) is 2.86. The third kappa shape index (κ3) is 3.71. The highest BCUT2D eigenvalue weighted by Crippen LogP contribution is 2.37. The number of amides is 3. The van der Waals surface area contributed by atoms with Gasteiger partial charge in [0.15, 0.2) is 0 Å². The summed E-state index contributed by atoms with van der Waals surface area (Å²) >= 11 is 0. The smallest absolute Gasteiger partial charge is 0.233 e. The maximum absolute atomic E-state index is 12.4. The summed E-state index contributed by atoms with van der Waals surface area (Å²) in [6.07, 6.45) is 5.46. The highest BCUT2D eigenvalue weighted by Gasteiger charge is 2.47. The molecule has 1 N–H and O–H groups in total. The van der Waals surface area contributed by atoms with Crippen LogP contribution in [-0.4, -0.2) is 48.2 Å². The van der Waals surface area contributed by atoms with E-state index in [9.17, 15) is 14.4 Å². The number of hydrogen-bond donors (Lipinski definition) is 1. The van der Waals surface area contributed by atoms with Gasteiger partial charge in [-0.25, -0.2) is 4.98 Å². The van der Waals surface area contributed by atoms with Crippen molar-refractivity contribution < 1.29 is 14.4 Å². The van der Waals surface area contributed by atoms with Crippen molar-refractivity contribution in [3.05, 3.63) is 23.9 Å². The fourth-order valence-corrected chi connectivity index (χ4v) is 3.92. The van der Waals surface area contributed by atoms with Crippen LogP contribution in [0.1, 0.15) is 37.7 Å². The molecule has 2 aliphatic rings. The van der Waals surface area contributed by atoms with Crippen molar-refractivity contribution in [1.82, 2.24) is 15.2 Å². The molecule has 2 heterocycles. The molecule has 1 saturated heterocycles. The van der Waals surface area contributed by atoms with Crippen LogP contribution in [0, 0.1) is 11.8 Å². The number of nitrogens with one attached hydrogen (secondary N) is 1. The number of fused-ring (bicyclic) bond motifs is 1. The molecule has 7 nitrogen and oxygen atoms in total. The quantitative estimate of drug-likeness (QED) is 0.776. The lowest BCUT2D eigenvalue weighted by molar-refractivity contribution is -0.140.